The first-order chi connectivity index (χ1) is 13.7. The minimum Gasteiger partial charge on any atom is -0.358 e. The van der Waals surface area contributed by atoms with Crippen molar-refractivity contribution in [1.29, 1.82) is 0 Å². The monoisotopic (exact) mass is 374 g/mol. The molecule has 1 aliphatic heterocycles. The lowest BCUT2D eigenvalue weighted by molar-refractivity contribution is 0.0608. The van der Waals surface area contributed by atoms with Gasteiger partial charge in [-0.25, -0.2) is 0 Å². The second-order valence-electron chi connectivity index (χ2n) is 7.50. The molecule has 2 aromatic rings. The van der Waals surface area contributed by atoms with E-state index >= 15 is 0 Å². The van der Waals surface area contributed by atoms with Crippen LogP contribution in [0.4, 0.5) is 5.69 Å². The smallest absolute Gasteiger partial charge is 0.261 e. The molecule has 28 heavy (non-hydrogen) atoms. The Morgan fingerprint density at radius 2 is 1.82 bits per heavy atom. The first-order valence-electron chi connectivity index (χ1n) is 10.3. The van der Waals surface area contributed by atoms with Gasteiger partial charge in [-0.1, -0.05) is 50.5 Å². The summed E-state index contributed by atoms with van der Waals surface area (Å²) in [5.74, 6) is -0.340. The van der Waals surface area contributed by atoms with E-state index in [2.05, 4.69) is 30.5 Å². The van der Waals surface area contributed by atoms with Gasteiger partial charge >= 0.3 is 0 Å². The zero-order valence-electron chi connectivity index (χ0n) is 16.3. The van der Waals surface area contributed by atoms with Gasteiger partial charge in [0.05, 0.1) is 0 Å². The minimum atomic E-state index is -0.170. The van der Waals surface area contributed by atoms with Crippen LogP contribution in [0.5, 0.6) is 0 Å². The van der Waals surface area contributed by atoms with Crippen molar-refractivity contribution in [1.82, 2.24) is 4.90 Å². The van der Waals surface area contributed by atoms with Crippen LogP contribution in [0.1, 0.15) is 66.2 Å². The van der Waals surface area contributed by atoms with Crippen molar-refractivity contribution in [3.8, 4) is 0 Å². The lowest BCUT2D eigenvalue weighted by Gasteiger charge is -2.28. The molecular formula is C24H26N2O2. The van der Waals surface area contributed by atoms with E-state index in [1.807, 2.05) is 30.3 Å². The fourth-order valence-electron chi connectivity index (χ4n) is 4.03. The Morgan fingerprint density at radius 3 is 2.57 bits per heavy atom. The molecule has 0 radical (unpaired) electrons. The summed E-state index contributed by atoms with van der Waals surface area (Å²) in [5.41, 5.74) is 3.35. The average Bonchev–Trinajstić information content (AvgIpc) is 2.73. The number of hydrogen-bond donors (Lipinski definition) is 1. The Morgan fingerprint density at radius 1 is 1.00 bits per heavy atom. The fraction of sp³-hybridized carbons (Fsp3) is 0.333. The lowest BCUT2D eigenvalue weighted by Crippen LogP contribution is -2.40. The molecule has 144 valence electrons. The molecule has 0 fully saturated rings. The zero-order chi connectivity index (χ0) is 19.5. The third-order valence-corrected chi connectivity index (χ3v) is 5.54. The number of anilines is 1. The second-order valence-corrected chi connectivity index (χ2v) is 7.50. The van der Waals surface area contributed by atoms with E-state index in [1.54, 1.807) is 0 Å². The molecular weight excluding hydrogens is 348 g/mol. The van der Waals surface area contributed by atoms with Gasteiger partial charge in [0, 0.05) is 39.8 Å². The molecule has 2 aliphatic rings. The highest BCUT2D eigenvalue weighted by Crippen LogP contribution is 2.35. The molecule has 1 heterocycles. The number of carbonyl (C=O) groups is 2. The van der Waals surface area contributed by atoms with E-state index in [0.717, 1.165) is 60.7 Å². The van der Waals surface area contributed by atoms with Crippen molar-refractivity contribution in [2.45, 2.75) is 45.4 Å². The minimum absolute atomic E-state index is 0.170. The van der Waals surface area contributed by atoms with Gasteiger partial charge < -0.3 is 5.32 Å². The van der Waals surface area contributed by atoms with Crippen LogP contribution in [0.25, 0.3) is 10.8 Å². The van der Waals surface area contributed by atoms with Gasteiger partial charge in [0.25, 0.3) is 11.8 Å². The number of nitrogens with zero attached hydrogens (tertiary/aromatic N) is 1. The molecule has 4 nitrogen and oxygen atoms in total. The molecule has 0 atom stereocenters. The maximum Gasteiger partial charge on any atom is 0.261 e. The maximum atomic E-state index is 13.0. The van der Waals surface area contributed by atoms with Crippen molar-refractivity contribution in [3.63, 3.8) is 0 Å². The Kier molecular flexibility index (Phi) is 5.29. The van der Waals surface area contributed by atoms with Crippen molar-refractivity contribution in [2.75, 3.05) is 11.9 Å². The number of nitrogens with one attached hydrogen (secondary N) is 1. The molecule has 2 aromatic carbocycles. The number of carbonyl (C=O) groups excluding carboxylic acids is 2. The normalized spacial score (nSPS) is 15.9. The number of benzene rings is 2. The molecule has 2 amide bonds. The van der Waals surface area contributed by atoms with Crippen molar-refractivity contribution < 1.29 is 9.59 Å². The van der Waals surface area contributed by atoms with E-state index in [0.29, 0.717) is 17.7 Å². The quantitative estimate of drug-likeness (QED) is 0.502. The van der Waals surface area contributed by atoms with E-state index in [9.17, 15) is 9.59 Å². The van der Waals surface area contributed by atoms with Crippen LogP contribution in [0.3, 0.4) is 0 Å². The summed E-state index contributed by atoms with van der Waals surface area (Å²) < 4.78 is 0. The lowest BCUT2D eigenvalue weighted by atomic mass is 9.92. The van der Waals surface area contributed by atoms with Gasteiger partial charge in [-0.3, -0.25) is 14.5 Å². The van der Waals surface area contributed by atoms with Crippen LogP contribution in [0.2, 0.25) is 0 Å². The number of rotatable bonds is 7. The Labute approximate surface area is 165 Å². The van der Waals surface area contributed by atoms with Crippen molar-refractivity contribution in [3.05, 3.63) is 65.4 Å². The van der Waals surface area contributed by atoms with Crippen LogP contribution in [-0.2, 0) is 0 Å². The predicted octanol–water partition coefficient (Wildman–Crippen LogP) is 5.66. The number of unbranched alkanes of at least 4 members (excludes halogenated alkanes) is 3. The van der Waals surface area contributed by atoms with Gasteiger partial charge in [-0.15, -0.1) is 0 Å². The van der Waals surface area contributed by atoms with Crippen molar-refractivity contribution in [2.24, 2.45) is 0 Å². The van der Waals surface area contributed by atoms with Crippen LogP contribution < -0.4 is 5.32 Å². The highest BCUT2D eigenvalue weighted by molar-refractivity contribution is 6.26. The molecule has 1 N–H and O–H groups in total. The summed E-state index contributed by atoms with van der Waals surface area (Å²) in [7, 11) is 0. The van der Waals surface area contributed by atoms with Crippen LogP contribution in [-0.4, -0.2) is 23.3 Å². The van der Waals surface area contributed by atoms with Gasteiger partial charge in [-0.05, 0) is 43.5 Å². The molecule has 0 bridgehead atoms. The van der Waals surface area contributed by atoms with Crippen LogP contribution in [0.15, 0.2) is 54.3 Å². The zero-order valence-corrected chi connectivity index (χ0v) is 16.3. The fourth-order valence-corrected chi connectivity index (χ4v) is 4.03. The molecule has 1 aliphatic carbocycles. The second kappa shape index (κ2) is 8.01. The molecule has 0 spiro atoms. The standard InChI is InChI=1S/C24H26N2O2/c1-2-3-4-8-16-26-23(27)19-13-9-12-18-21(25-17-10-6-5-7-11-17)15-14-20(22(18)19)24(26)28/h5-6,9-10,12-15,25H,2-4,7-8,11,16H2,1H3. The van der Waals surface area contributed by atoms with E-state index in [1.165, 1.54) is 4.90 Å². The van der Waals surface area contributed by atoms with E-state index in [-0.39, 0.29) is 11.8 Å². The van der Waals surface area contributed by atoms with Crippen LogP contribution >= 0.6 is 0 Å². The summed E-state index contributed by atoms with van der Waals surface area (Å²) in [6, 6.07) is 9.56. The van der Waals surface area contributed by atoms with Gasteiger partial charge in [0.15, 0.2) is 0 Å². The third-order valence-electron chi connectivity index (χ3n) is 5.54. The molecule has 0 unspecified atom stereocenters. The largest absolute Gasteiger partial charge is 0.358 e. The topological polar surface area (TPSA) is 49.4 Å². The van der Waals surface area contributed by atoms with Gasteiger partial charge in [-0.2, -0.15) is 0 Å². The summed E-state index contributed by atoms with van der Waals surface area (Å²) in [6.07, 6.45) is 12.4. The molecule has 0 aromatic heterocycles. The predicted molar refractivity (Wildman–Crippen MR) is 114 cm³/mol. The summed E-state index contributed by atoms with van der Waals surface area (Å²) >= 11 is 0. The molecule has 0 saturated carbocycles. The number of imide groups is 1. The highest BCUT2D eigenvalue weighted by Gasteiger charge is 2.32. The summed E-state index contributed by atoms with van der Waals surface area (Å²) in [5, 5.41) is 5.19. The Bertz CT molecular complexity index is 965. The first kappa shape index (κ1) is 18.5. The Hall–Kier alpha value is -2.88. The Balaban J connectivity index is 1.69. The number of hydrogen-bond acceptors (Lipinski definition) is 3. The van der Waals surface area contributed by atoms with Gasteiger partial charge in [0.1, 0.15) is 0 Å². The summed E-state index contributed by atoms with van der Waals surface area (Å²) in [6.45, 7) is 2.64. The number of allylic oxidation sites excluding steroid dienone is 4. The molecule has 4 heteroatoms. The average molecular weight is 374 g/mol. The van der Waals surface area contributed by atoms with E-state index < -0.39 is 0 Å². The van der Waals surface area contributed by atoms with Crippen molar-refractivity contribution >= 4 is 28.3 Å². The van der Waals surface area contributed by atoms with Crippen LogP contribution in [0, 0.1) is 0 Å². The maximum absolute atomic E-state index is 13.0. The number of amides is 2. The highest BCUT2D eigenvalue weighted by atomic mass is 16.2. The first-order valence-corrected chi connectivity index (χ1v) is 10.3. The summed E-state index contributed by atoms with van der Waals surface area (Å²) in [4.78, 5) is 27.5. The third kappa shape index (κ3) is 3.35. The SMILES string of the molecule is CCCCCCN1C(=O)c2cccc3c(NC4=CC=CCC4)ccc(c23)C1=O. The molecule has 4 rings (SSSR count). The van der Waals surface area contributed by atoms with Gasteiger partial charge in [0.2, 0.25) is 0 Å². The molecule has 0 saturated heterocycles. The van der Waals surface area contributed by atoms with E-state index in [4.69, 9.17) is 0 Å².